The zero-order chi connectivity index (χ0) is 22.3. The van der Waals surface area contributed by atoms with Crippen molar-refractivity contribution in [2.24, 2.45) is 11.8 Å². The van der Waals surface area contributed by atoms with Gasteiger partial charge in [-0.25, -0.2) is 9.59 Å². The molecule has 1 heterocycles. The van der Waals surface area contributed by atoms with Crippen molar-refractivity contribution in [3.8, 4) is 0 Å². The zero-order valence-corrected chi connectivity index (χ0v) is 18.2. The topological polar surface area (TPSA) is 72.9 Å². The van der Waals surface area contributed by atoms with E-state index in [9.17, 15) is 14.4 Å². The summed E-state index contributed by atoms with van der Waals surface area (Å²) < 4.78 is 11.0. The standard InChI is InChI=1S/C26H29NO5/c28-24-17-27(26(30)31-18-19-7-3-1-4-8-19)16-15-23(24)20-11-13-22(14-12-20)32-25(29)21-9-5-2-6-10-21/h1-10,20,22-23H,11-18H2. The zero-order valence-electron chi connectivity index (χ0n) is 18.2. The van der Waals surface area contributed by atoms with Gasteiger partial charge in [-0.15, -0.1) is 0 Å². The first kappa shape index (κ1) is 22.1. The lowest BCUT2D eigenvalue weighted by molar-refractivity contribution is -0.129. The van der Waals surface area contributed by atoms with E-state index in [0.29, 0.717) is 18.5 Å². The van der Waals surface area contributed by atoms with E-state index in [2.05, 4.69) is 0 Å². The minimum Gasteiger partial charge on any atom is -0.459 e. The molecule has 2 aromatic carbocycles. The number of hydrogen-bond donors (Lipinski definition) is 0. The first-order chi connectivity index (χ1) is 15.6. The van der Waals surface area contributed by atoms with Gasteiger partial charge in [0.1, 0.15) is 12.7 Å². The fourth-order valence-electron chi connectivity index (χ4n) is 4.71. The second-order valence-corrected chi connectivity index (χ2v) is 8.63. The third kappa shape index (κ3) is 5.55. The molecule has 32 heavy (non-hydrogen) atoms. The number of piperidine rings is 1. The fourth-order valence-corrected chi connectivity index (χ4v) is 4.71. The van der Waals surface area contributed by atoms with Gasteiger partial charge in [0.05, 0.1) is 12.1 Å². The van der Waals surface area contributed by atoms with Gasteiger partial charge in [-0.1, -0.05) is 48.5 Å². The van der Waals surface area contributed by atoms with Crippen LogP contribution in [0, 0.1) is 11.8 Å². The largest absolute Gasteiger partial charge is 0.459 e. The third-order valence-electron chi connectivity index (χ3n) is 6.50. The van der Waals surface area contributed by atoms with Crippen LogP contribution >= 0.6 is 0 Å². The molecular formula is C26H29NO5. The van der Waals surface area contributed by atoms with Gasteiger partial charge in [-0.3, -0.25) is 4.79 Å². The summed E-state index contributed by atoms with van der Waals surface area (Å²) in [6, 6.07) is 18.5. The smallest absolute Gasteiger partial charge is 0.410 e. The summed E-state index contributed by atoms with van der Waals surface area (Å²) >= 11 is 0. The highest BCUT2D eigenvalue weighted by Crippen LogP contribution is 2.35. The van der Waals surface area contributed by atoms with Crippen LogP contribution in [-0.4, -0.2) is 41.9 Å². The highest BCUT2D eigenvalue weighted by molar-refractivity contribution is 5.89. The molecule has 0 radical (unpaired) electrons. The van der Waals surface area contributed by atoms with Crippen LogP contribution in [0.25, 0.3) is 0 Å². The average molecular weight is 436 g/mol. The number of rotatable bonds is 5. The number of ether oxygens (including phenoxy) is 2. The Balaban J connectivity index is 1.21. The molecule has 1 aliphatic heterocycles. The molecule has 2 fully saturated rings. The summed E-state index contributed by atoms with van der Waals surface area (Å²) in [4.78, 5) is 38.9. The summed E-state index contributed by atoms with van der Waals surface area (Å²) in [5.74, 6) is 0.0840. The lowest BCUT2D eigenvalue weighted by Gasteiger charge is -2.37. The quantitative estimate of drug-likeness (QED) is 0.640. The van der Waals surface area contributed by atoms with Crippen LogP contribution in [0.5, 0.6) is 0 Å². The predicted octanol–water partition coefficient (Wildman–Crippen LogP) is 4.63. The molecule has 4 rings (SSSR count). The number of likely N-dealkylation sites (tertiary alicyclic amines) is 1. The van der Waals surface area contributed by atoms with Gasteiger partial charge in [-0.2, -0.15) is 0 Å². The first-order valence-corrected chi connectivity index (χ1v) is 11.3. The van der Waals surface area contributed by atoms with Crippen LogP contribution in [0.3, 0.4) is 0 Å². The van der Waals surface area contributed by atoms with Crippen molar-refractivity contribution in [2.45, 2.75) is 44.8 Å². The Morgan fingerprint density at radius 1 is 0.875 bits per heavy atom. The molecule has 1 aliphatic carbocycles. The summed E-state index contributed by atoms with van der Waals surface area (Å²) in [7, 11) is 0. The number of benzene rings is 2. The Kier molecular flexibility index (Phi) is 7.20. The van der Waals surface area contributed by atoms with Gasteiger partial charge in [0.25, 0.3) is 0 Å². The van der Waals surface area contributed by atoms with Gasteiger partial charge >= 0.3 is 12.1 Å². The van der Waals surface area contributed by atoms with Gasteiger partial charge in [0.2, 0.25) is 0 Å². The Morgan fingerprint density at radius 3 is 2.19 bits per heavy atom. The Hall–Kier alpha value is -3.15. The Labute approximate surface area is 188 Å². The number of carbonyl (C=O) groups excluding carboxylic acids is 3. The second-order valence-electron chi connectivity index (χ2n) is 8.63. The SMILES string of the molecule is O=C(OC1CCC(C2CCN(C(=O)OCc3ccccc3)CC2=O)CC1)c1ccccc1. The van der Waals surface area contributed by atoms with Crippen LogP contribution in [-0.2, 0) is 20.9 Å². The lowest BCUT2D eigenvalue weighted by atomic mass is 9.74. The Morgan fingerprint density at radius 2 is 1.53 bits per heavy atom. The minimum absolute atomic E-state index is 0.0288. The van der Waals surface area contributed by atoms with Crippen molar-refractivity contribution in [1.29, 1.82) is 0 Å². The molecule has 0 spiro atoms. The van der Waals surface area contributed by atoms with Crippen molar-refractivity contribution in [3.63, 3.8) is 0 Å². The third-order valence-corrected chi connectivity index (χ3v) is 6.50. The fraction of sp³-hybridized carbons (Fsp3) is 0.423. The van der Waals surface area contributed by atoms with E-state index in [-0.39, 0.29) is 42.8 Å². The van der Waals surface area contributed by atoms with E-state index in [1.165, 1.54) is 4.90 Å². The molecule has 0 N–H and O–H groups in total. The number of carbonyl (C=O) groups is 3. The molecule has 0 bridgehead atoms. The minimum atomic E-state index is -0.433. The molecule has 1 atom stereocenters. The summed E-state index contributed by atoms with van der Waals surface area (Å²) in [6.45, 7) is 0.855. The normalized spacial score (nSPS) is 23.4. The van der Waals surface area contributed by atoms with Crippen molar-refractivity contribution < 1.29 is 23.9 Å². The van der Waals surface area contributed by atoms with Crippen LogP contribution in [0.15, 0.2) is 60.7 Å². The van der Waals surface area contributed by atoms with Crippen LogP contribution in [0.1, 0.15) is 48.0 Å². The highest BCUT2D eigenvalue weighted by atomic mass is 16.6. The monoisotopic (exact) mass is 435 g/mol. The second kappa shape index (κ2) is 10.4. The van der Waals surface area contributed by atoms with Gasteiger partial charge in [0, 0.05) is 12.5 Å². The van der Waals surface area contributed by atoms with E-state index in [1.54, 1.807) is 12.1 Å². The molecule has 1 amide bonds. The number of esters is 1. The molecular weight excluding hydrogens is 406 g/mol. The molecule has 168 valence electrons. The molecule has 6 nitrogen and oxygen atoms in total. The average Bonchev–Trinajstić information content (AvgIpc) is 2.84. The molecule has 1 unspecified atom stereocenters. The lowest BCUT2D eigenvalue weighted by Crippen LogP contribution is -2.47. The predicted molar refractivity (Wildman–Crippen MR) is 119 cm³/mol. The highest BCUT2D eigenvalue weighted by Gasteiger charge is 2.37. The summed E-state index contributed by atoms with van der Waals surface area (Å²) in [5, 5.41) is 0. The van der Waals surface area contributed by atoms with Crippen molar-refractivity contribution in [2.75, 3.05) is 13.1 Å². The van der Waals surface area contributed by atoms with E-state index < -0.39 is 6.09 Å². The molecule has 2 aromatic rings. The van der Waals surface area contributed by atoms with Gasteiger partial charge in [0.15, 0.2) is 5.78 Å². The maximum Gasteiger partial charge on any atom is 0.410 e. The molecule has 2 aliphatic rings. The van der Waals surface area contributed by atoms with Crippen molar-refractivity contribution in [3.05, 3.63) is 71.8 Å². The number of amides is 1. The summed E-state index contributed by atoms with van der Waals surface area (Å²) in [6.07, 6.45) is 3.41. The van der Waals surface area contributed by atoms with E-state index in [4.69, 9.17) is 9.47 Å². The van der Waals surface area contributed by atoms with Gasteiger partial charge in [-0.05, 0) is 55.7 Å². The number of Topliss-reactive ketones (excluding diaryl/α,β-unsaturated/α-hetero) is 1. The van der Waals surface area contributed by atoms with E-state index in [1.807, 2.05) is 48.5 Å². The van der Waals surface area contributed by atoms with Crippen LogP contribution < -0.4 is 0 Å². The Bertz CT molecular complexity index is 922. The number of ketones is 1. The van der Waals surface area contributed by atoms with Crippen LogP contribution in [0.4, 0.5) is 4.79 Å². The molecule has 6 heteroatoms. The summed E-state index contributed by atoms with van der Waals surface area (Å²) in [5.41, 5.74) is 1.49. The maximum atomic E-state index is 12.8. The van der Waals surface area contributed by atoms with Gasteiger partial charge < -0.3 is 14.4 Å². The molecule has 0 aromatic heterocycles. The molecule has 1 saturated carbocycles. The number of hydrogen-bond acceptors (Lipinski definition) is 5. The van der Waals surface area contributed by atoms with Crippen LogP contribution in [0.2, 0.25) is 0 Å². The van der Waals surface area contributed by atoms with Crippen molar-refractivity contribution >= 4 is 17.8 Å². The van der Waals surface area contributed by atoms with Crippen molar-refractivity contribution in [1.82, 2.24) is 4.90 Å². The first-order valence-electron chi connectivity index (χ1n) is 11.3. The maximum absolute atomic E-state index is 12.8. The van der Waals surface area contributed by atoms with E-state index >= 15 is 0 Å². The number of nitrogens with zero attached hydrogens (tertiary/aromatic N) is 1. The molecule has 1 saturated heterocycles. The van der Waals surface area contributed by atoms with E-state index in [0.717, 1.165) is 31.2 Å².